The Morgan fingerprint density at radius 1 is 1.37 bits per heavy atom. The van der Waals surface area contributed by atoms with Crippen molar-refractivity contribution in [3.8, 4) is 0 Å². The van der Waals surface area contributed by atoms with Crippen molar-refractivity contribution >= 4 is 29.6 Å². The van der Waals surface area contributed by atoms with E-state index in [2.05, 4.69) is 0 Å². The minimum Gasteiger partial charge on any atom is -0.480 e. The molecule has 0 bridgehead atoms. The number of carboxylic acid groups (broad SMARTS) is 1. The van der Waals surface area contributed by atoms with Gasteiger partial charge in [-0.05, 0) is 30.5 Å². The normalized spacial score (nSPS) is 14.6. The zero-order valence-electron chi connectivity index (χ0n) is 10.3. The molecule has 1 fully saturated rings. The fourth-order valence-corrected chi connectivity index (χ4v) is 1.98. The molecule has 1 aliphatic rings. The topological polar surface area (TPSA) is 57.6 Å². The van der Waals surface area contributed by atoms with Gasteiger partial charge < -0.3 is 10.0 Å². The van der Waals surface area contributed by atoms with E-state index in [-0.39, 0.29) is 18.5 Å². The van der Waals surface area contributed by atoms with E-state index in [0.29, 0.717) is 5.02 Å². The van der Waals surface area contributed by atoms with Gasteiger partial charge in [0.15, 0.2) is 0 Å². The number of aliphatic carboxylic acids is 1. The summed E-state index contributed by atoms with van der Waals surface area (Å²) in [7, 11) is 0. The zero-order chi connectivity index (χ0) is 13.8. The van der Waals surface area contributed by atoms with Crippen LogP contribution in [-0.4, -0.2) is 34.5 Å². The molecule has 19 heavy (non-hydrogen) atoms. The molecule has 0 heterocycles. The van der Waals surface area contributed by atoms with E-state index in [1.54, 1.807) is 18.2 Å². The molecule has 0 aromatic heterocycles. The molecular formula is C14H14ClNO3. The van der Waals surface area contributed by atoms with Crippen LogP contribution in [0.2, 0.25) is 5.02 Å². The minimum atomic E-state index is -0.994. The van der Waals surface area contributed by atoms with Crippen LogP contribution in [0.15, 0.2) is 30.3 Å². The zero-order valence-corrected chi connectivity index (χ0v) is 11.0. The molecule has 1 amide bonds. The Balaban J connectivity index is 2.06. The largest absolute Gasteiger partial charge is 0.480 e. The third-order valence-electron chi connectivity index (χ3n) is 2.89. The van der Waals surface area contributed by atoms with Crippen LogP contribution in [-0.2, 0) is 9.59 Å². The van der Waals surface area contributed by atoms with Gasteiger partial charge in [-0.3, -0.25) is 9.59 Å². The van der Waals surface area contributed by atoms with Gasteiger partial charge in [0, 0.05) is 17.1 Å². The van der Waals surface area contributed by atoms with Gasteiger partial charge in [0.2, 0.25) is 5.91 Å². The lowest BCUT2D eigenvalue weighted by atomic mass is 10.2. The maximum Gasteiger partial charge on any atom is 0.323 e. The van der Waals surface area contributed by atoms with E-state index in [9.17, 15) is 9.59 Å². The van der Waals surface area contributed by atoms with E-state index >= 15 is 0 Å². The van der Waals surface area contributed by atoms with E-state index < -0.39 is 5.97 Å². The second-order valence-electron chi connectivity index (χ2n) is 4.45. The van der Waals surface area contributed by atoms with Crippen LogP contribution in [0.4, 0.5) is 0 Å². The lowest BCUT2D eigenvalue weighted by Crippen LogP contribution is -2.36. The van der Waals surface area contributed by atoms with Crippen LogP contribution in [0.3, 0.4) is 0 Å². The first-order valence-corrected chi connectivity index (χ1v) is 6.40. The van der Waals surface area contributed by atoms with Gasteiger partial charge >= 0.3 is 5.97 Å². The Morgan fingerprint density at radius 2 is 2.05 bits per heavy atom. The summed E-state index contributed by atoms with van der Waals surface area (Å²) in [4.78, 5) is 24.1. The number of carbonyl (C=O) groups is 2. The van der Waals surface area contributed by atoms with Crippen molar-refractivity contribution in [2.24, 2.45) is 0 Å². The van der Waals surface area contributed by atoms with E-state index in [0.717, 1.165) is 18.4 Å². The lowest BCUT2D eigenvalue weighted by Gasteiger charge is -2.17. The molecule has 0 atom stereocenters. The highest BCUT2D eigenvalue weighted by Gasteiger charge is 2.32. The van der Waals surface area contributed by atoms with Crippen LogP contribution in [0.1, 0.15) is 18.4 Å². The predicted octanol–water partition coefficient (Wildman–Crippen LogP) is 2.43. The summed E-state index contributed by atoms with van der Waals surface area (Å²) in [6.45, 7) is -0.254. The van der Waals surface area contributed by atoms with Crippen LogP contribution in [0, 0.1) is 0 Å². The van der Waals surface area contributed by atoms with E-state index in [4.69, 9.17) is 16.7 Å². The second-order valence-corrected chi connectivity index (χ2v) is 4.85. The number of nitrogens with zero attached hydrogens (tertiary/aromatic N) is 1. The summed E-state index contributed by atoms with van der Waals surface area (Å²) < 4.78 is 0. The lowest BCUT2D eigenvalue weighted by molar-refractivity contribution is -0.143. The van der Waals surface area contributed by atoms with Crippen molar-refractivity contribution < 1.29 is 14.7 Å². The third-order valence-corrected chi connectivity index (χ3v) is 3.23. The van der Waals surface area contributed by atoms with Crippen LogP contribution in [0.5, 0.6) is 0 Å². The highest BCUT2D eigenvalue weighted by molar-refractivity contribution is 6.32. The highest BCUT2D eigenvalue weighted by Crippen LogP contribution is 2.27. The van der Waals surface area contributed by atoms with Gasteiger partial charge in [-0.1, -0.05) is 29.8 Å². The van der Waals surface area contributed by atoms with Crippen molar-refractivity contribution in [2.75, 3.05) is 6.54 Å². The predicted molar refractivity (Wildman–Crippen MR) is 72.9 cm³/mol. The quantitative estimate of drug-likeness (QED) is 0.842. The summed E-state index contributed by atoms with van der Waals surface area (Å²) in [5.74, 6) is -1.28. The molecule has 0 aliphatic heterocycles. The number of rotatable bonds is 5. The molecule has 0 saturated heterocycles. The van der Waals surface area contributed by atoms with Crippen LogP contribution in [0.25, 0.3) is 6.08 Å². The fourth-order valence-electron chi connectivity index (χ4n) is 1.79. The number of hydrogen-bond acceptors (Lipinski definition) is 2. The first-order chi connectivity index (χ1) is 9.08. The molecule has 4 nitrogen and oxygen atoms in total. The van der Waals surface area contributed by atoms with Crippen LogP contribution >= 0.6 is 11.6 Å². The molecule has 100 valence electrons. The van der Waals surface area contributed by atoms with Gasteiger partial charge in [0.1, 0.15) is 6.54 Å². The molecule has 0 unspecified atom stereocenters. The first kappa shape index (κ1) is 13.6. The molecule has 0 radical (unpaired) electrons. The van der Waals surface area contributed by atoms with Gasteiger partial charge in [0.05, 0.1) is 0 Å². The monoisotopic (exact) mass is 279 g/mol. The summed E-state index contributed by atoms with van der Waals surface area (Å²) in [6, 6.07) is 7.24. The smallest absolute Gasteiger partial charge is 0.323 e. The van der Waals surface area contributed by atoms with Gasteiger partial charge in [0.25, 0.3) is 0 Å². The molecule has 2 rings (SSSR count). The SMILES string of the molecule is O=C(O)CN(C(=O)/C=C/c1ccccc1Cl)C1CC1. The Kier molecular flexibility index (Phi) is 4.22. The Morgan fingerprint density at radius 3 is 2.63 bits per heavy atom. The Labute approximate surface area is 116 Å². The maximum absolute atomic E-state index is 12.0. The molecule has 1 N–H and O–H groups in total. The molecule has 0 spiro atoms. The van der Waals surface area contributed by atoms with Crippen molar-refractivity contribution in [1.29, 1.82) is 0 Å². The van der Waals surface area contributed by atoms with Crippen molar-refractivity contribution in [3.05, 3.63) is 40.9 Å². The summed E-state index contributed by atoms with van der Waals surface area (Å²) in [5.41, 5.74) is 0.739. The maximum atomic E-state index is 12.0. The average molecular weight is 280 g/mol. The molecule has 1 aromatic carbocycles. The number of carboxylic acids is 1. The van der Waals surface area contributed by atoms with Crippen molar-refractivity contribution in [3.63, 3.8) is 0 Å². The molecule has 1 saturated carbocycles. The van der Waals surface area contributed by atoms with E-state index in [1.807, 2.05) is 12.1 Å². The Hall–Kier alpha value is -1.81. The van der Waals surface area contributed by atoms with Crippen molar-refractivity contribution in [1.82, 2.24) is 4.90 Å². The molecule has 5 heteroatoms. The highest BCUT2D eigenvalue weighted by atomic mass is 35.5. The third kappa shape index (κ3) is 3.83. The van der Waals surface area contributed by atoms with Gasteiger partial charge in [-0.25, -0.2) is 0 Å². The number of carbonyl (C=O) groups excluding carboxylic acids is 1. The number of hydrogen-bond donors (Lipinski definition) is 1. The Bertz CT molecular complexity index is 523. The standard InChI is InChI=1S/C14H14ClNO3/c15-12-4-2-1-3-10(12)5-8-13(17)16(9-14(18)19)11-6-7-11/h1-5,8,11H,6-7,9H2,(H,18,19)/b8-5+. The molecule has 1 aliphatic carbocycles. The molecular weight excluding hydrogens is 266 g/mol. The van der Waals surface area contributed by atoms with Crippen LogP contribution < -0.4 is 0 Å². The van der Waals surface area contributed by atoms with Gasteiger partial charge in [-0.2, -0.15) is 0 Å². The number of benzene rings is 1. The summed E-state index contributed by atoms with van der Waals surface area (Å²) in [5, 5.41) is 9.36. The second kappa shape index (κ2) is 5.89. The first-order valence-electron chi connectivity index (χ1n) is 6.03. The molecule has 1 aromatic rings. The van der Waals surface area contributed by atoms with E-state index in [1.165, 1.54) is 11.0 Å². The minimum absolute atomic E-state index is 0.0690. The fraction of sp³-hybridized carbons (Fsp3) is 0.286. The number of halogens is 1. The summed E-state index contributed by atoms with van der Waals surface area (Å²) >= 11 is 5.98. The number of amides is 1. The average Bonchev–Trinajstić information content (AvgIpc) is 3.18. The van der Waals surface area contributed by atoms with Gasteiger partial charge in [-0.15, -0.1) is 0 Å². The summed E-state index contributed by atoms with van der Waals surface area (Å²) in [6.07, 6.45) is 4.74. The van der Waals surface area contributed by atoms with Crippen molar-refractivity contribution in [2.45, 2.75) is 18.9 Å².